The zero-order valence-corrected chi connectivity index (χ0v) is 16.0. The van der Waals surface area contributed by atoms with Crippen molar-refractivity contribution >= 4 is 28.0 Å². The molecule has 2 N–H and O–H groups in total. The van der Waals surface area contributed by atoms with Crippen LogP contribution in [0.25, 0.3) is 6.08 Å². The molecule has 0 heterocycles. The molecule has 0 radical (unpaired) electrons. The normalized spacial score (nSPS) is 13.5. The van der Waals surface area contributed by atoms with Crippen LogP contribution in [0.3, 0.4) is 0 Å². The number of rotatable bonds is 9. The van der Waals surface area contributed by atoms with Crippen LogP contribution in [0.1, 0.15) is 19.4 Å². The van der Waals surface area contributed by atoms with E-state index >= 15 is 0 Å². The Morgan fingerprint density at radius 3 is 2.32 bits per heavy atom. The summed E-state index contributed by atoms with van der Waals surface area (Å²) >= 11 is 0. The molecule has 0 saturated carbocycles. The van der Waals surface area contributed by atoms with Crippen LogP contribution in [-0.2, 0) is 24.3 Å². The predicted octanol–water partition coefficient (Wildman–Crippen LogP) is 1.82. The molecule has 0 fully saturated rings. The molecule has 1 rings (SSSR count). The molecular formula is C17H21F3N2O5S. The summed E-state index contributed by atoms with van der Waals surface area (Å²) in [6.07, 6.45) is -3.27. The van der Waals surface area contributed by atoms with Crippen LogP contribution in [0.2, 0.25) is 0 Å². The second-order valence-electron chi connectivity index (χ2n) is 6.10. The second-order valence-corrected chi connectivity index (χ2v) is 7.70. The van der Waals surface area contributed by atoms with Crippen molar-refractivity contribution in [3.05, 3.63) is 41.3 Å². The van der Waals surface area contributed by atoms with Gasteiger partial charge in [0.1, 0.15) is 12.6 Å². The number of sulfonamides is 1. The molecule has 0 saturated heterocycles. The lowest BCUT2D eigenvalue weighted by Crippen LogP contribution is -2.45. The average molecular weight is 422 g/mol. The topological polar surface area (TPSA) is 102 Å². The molecule has 0 aliphatic heterocycles. The van der Waals surface area contributed by atoms with E-state index in [4.69, 9.17) is 0 Å². The molecule has 1 unspecified atom stereocenters. The standard InChI is InChI=1S/C17H21F3N2O5S/c1-12(2)15(16(24)27-10-14(23)21-11-17(18,19)20)22-28(25,26)9-8-13-6-4-3-5-7-13/h3-9,12,15,22H,10-11H2,1-2H3,(H,21,23). The van der Waals surface area contributed by atoms with E-state index in [-0.39, 0.29) is 0 Å². The number of carbonyl (C=O) groups excluding carboxylic acids is 2. The first-order valence-corrected chi connectivity index (χ1v) is 9.70. The minimum absolute atomic E-state index is 0.536. The van der Waals surface area contributed by atoms with Crippen molar-refractivity contribution in [2.45, 2.75) is 26.1 Å². The maximum Gasteiger partial charge on any atom is 0.405 e. The largest absolute Gasteiger partial charge is 0.454 e. The van der Waals surface area contributed by atoms with E-state index in [1.165, 1.54) is 6.08 Å². The van der Waals surface area contributed by atoms with E-state index in [1.54, 1.807) is 49.5 Å². The number of carbonyl (C=O) groups is 2. The second kappa shape index (κ2) is 10.2. The quantitative estimate of drug-likeness (QED) is 0.591. The molecule has 1 aromatic carbocycles. The van der Waals surface area contributed by atoms with Gasteiger partial charge in [0.25, 0.3) is 5.91 Å². The first-order chi connectivity index (χ1) is 12.9. The third-order valence-electron chi connectivity index (χ3n) is 3.28. The van der Waals surface area contributed by atoms with Gasteiger partial charge in [-0.3, -0.25) is 9.59 Å². The molecule has 28 heavy (non-hydrogen) atoms. The van der Waals surface area contributed by atoms with Crippen molar-refractivity contribution in [3.8, 4) is 0 Å². The summed E-state index contributed by atoms with van der Waals surface area (Å²) in [7, 11) is -4.02. The molecule has 1 atom stereocenters. The van der Waals surface area contributed by atoms with Gasteiger partial charge < -0.3 is 10.1 Å². The van der Waals surface area contributed by atoms with Gasteiger partial charge in [-0.05, 0) is 17.6 Å². The van der Waals surface area contributed by atoms with Crippen LogP contribution in [0.15, 0.2) is 35.7 Å². The lowest BCUT2D eigenvalue weighted by Gasteiger charge is -2.19. The van der Waals surface area contributed by atoms with Crippen molar-refractivity contribution in [1.29, 1.82) is 0 Å². The van der Waals surface area contributed by atoms with Gasteiger partial charge in [0.2, 0.25) is 10.0 Å². The molecule has 1 aromatic rings. The van der Waals surface area contributed by atoms with Crippen LogP contribution in [0.5, 0.6) is 0 Å². The lowest BCUT2D eigenvalue weighted by atomic mass is 10.1. The third-order valence-corrected chi connectivity index (χ3v) is 4.36. The Morgan fingerprint density at radius 1 is 1.18 bits per heavy atom. The Bertz CT molecular complexity index is 793. The van der Waals surface area contributed by atoms with E-state index in [0.717, 1.165) is 5.41 Å². The summed E-state index contributed by atoms with van der Waals surface area (Å²) in [5.74, 6) is -2.76. The number of nitrogens with one attached hydrogen (secondary N) is 2. The van der Waals surface area contributed by atoms with E-state index in [1.807, 2.05) is 0 Å². The number of hydrogen-bond donors (Lipinski definition) is 2. The van der Waals surface area contributed by atoms with Crippen molar-refractivity contribution < 1.29 is 35.9 Å². The van der Waals surface area contributed by atoms with Crippen molar-refractivity contribution in [3.63, 3.8) is 0 Å². The van der Waals surface area contributed by atoms with Gasteiger partial charge in [-0.2, -0.15) is 17.9 Å². The fraction of sp³-hybridized carbons (Fsp3) is 0.412. The summed E-state index contributed by atoms with van der Waals surface area (Å²) < 4.78 is 67.2. The van der Waals surface area contributed by atoms with Gasteiger partial charge in [-0.15, -0.1) is 0 Å². The number of halogens is 3. The minimum Gasteiger partial charge on any atom is -0.454 e. The number of amides is 1. The van der Waals surface area contributed by atoms with Crippen molar-refractivity contribution in [1.82, 2.24) is 10.0 Å². The Balaban J connectivity index is 2.67. The predicted molar refractivity (Wildman–Crippen MR) is 96.2 cm³/mol. The first kappa shape index (κ1) is 23.6. The minimum atomic E-state index is -4.60. The van der Waals surface area contributed by atoms with Gasteiger partial charge in [-0.1, -0.05) is 44.2 Å². The van der Waals surface area contributed by atoms with Gasteiger partial charge in [0.15, 0.2) is 6.61 Å². The maximum atomic E-state index is 12.2. The number of hydrogen-bond acceptors (Lipinski definition) is 5. The molecule has 0 spiro atoms. The van der Waals surface area contributed by atoms with Crippen LogP contribution in [-0.4, -0.2) is 45.7 Å². The molecule has 0 bridgehead atoms. The zero-order valence-electron chi connectivity index (χ0n) is 15.2. The van der Waals surface area contributed by atoms with Gasteiger partial charge in [0.05, 0.1) is 0 Å². The fourth-order valence-electron chi connectivity index (χ4n) is 1.88. The highest BCUT2D eigenvalue weighted by Gasteiger charge is 2.30. The number of ether oxygens (including phenoxy) is 1. The summed E-state index contributed by atoms with van der Waals surface area (Å²) in [5.41, 5.74) is 0.623. The van der Waals surface area contributed by atoms with Crippen LogP contribution in [0.4, 0.5) is 13.2 Å². The van der Waals surface area contributed by atoms with Gasteiger partial charge in [0, 0.05) is 5.41 Å². The average Bonchev–Trinajstić information content (AvgIpc) is 2.61. The highest BCUT2D eigenvalue weighted by atomic mass is 32.2. The molecule has 1 amide bonds. The third kappa shape index (κ3) is 9.51. The van der Waals surface area contributed by atoms with Crippen LogP contribution in [0, 0.1) is 5.92 Å². The molecule has 156 valence electrons. The number of benzene rings is 1. The monoisotopic (exact) mass is 422 g/mol. The fourth-order valence-corrected chi connectivity index (χ4v) is 3.02. The van der Waals surface area contributed by atoms with Crippen molar-refractivity contribution in [2.24, 2.45) is 5.92 Å². The van der Waals surface area contributed by atoms with Gasteiger partial charge >= 0.3 is 12.1 Å². The maximum absolute atomic E-state index is 12.2. The molecule has 0 aliphatic rings. The molecule has 7 nitrogen and oxygen atoms in total. The molecule has 0 aromatic heterocycles. The Kier molecular flexibility index (Phi) is 8.64. The highest BCUT2D eigenvalue weighted by Crippen LogP contribution is 2.12. The van der Waals surface area contributed by atoms with E-state index in [2.05, 4.69) is 9.46 Å². The summed E-state index contributed by atoms with van der Waals surface area (Å²) in [6, 6.07) is 7.25. The molecular weight excluding hydrogens is 401 g/mol. The van der Waals surface area contributed by atoms with Crippen LogP contribution < -0.4 is 10.0 Å². The summed E-state index contributed by atoms with van der Waals surface area (Å²) in [5, 5.41) is 2.42. The Hall–Kier alpha value is -2.40. The summed E-state index contributed by atoms with van der Waals surface area (Å²) in [6.45, 7) is 0.561. The Labute approximate surface area is 161 Å². The van der Waals surface area contributed by atoms with E-state index in [0.29, 0.717) is 5.56 Å². The molecule has 11 heteroatoms. The lowest BCUT2D eigenvalue weighted by molar-refractivity contribution is -0.153. The zero-order chi connectivity index (χ0) is 21.4. The first-order valence-electron chi connectivity index (χ1n) is 8.15. The smallest absolute Gasteiger partial charge is 0.405 e. The van der Waals surface area contributed by atoms with E-state index < -0.39 is 53.2 Å². The molecule has 0 aliphatic carbocycles. The van der Waals surface area contributed by atoms with Crippen LogP contribution >= 0.6 is 0 Å². The number of alkyl halides is 3. The Morgan fingerprint density at radius 2 is 1.79 bits per heavy atom. The highest BCUT2D eigenvalue weighted by molar-refractivity contribution is 7.92. The van der Waals surface area contributed by atoms with E-state index in [9.17, 15) is 31.2 Å². The SMILES string of the molecule is CC(C)C(NS(=O)(=O)C=Cc1ccccc1)C(=O)OCC(=O)NCC(F)(F)F. The van der Waals surface area contributed by atoms with Gasteiger partial charge in [-0.25, -0.2) is 8.42 Å². The van der Waals surface area contributed by atoms with Crippen molar-refractivity contribution in [2.75, 3.05) is 13.2 Å². The number of esters is 1. The summed E-state index contributed by atoms with van der Waals surface area (Å²) in [4.78, 5) is 23.4.